The third kappa shape index (κ3) is 3.82. The first-order chi connectivity index (χ1) is 10.5. The summed E-state index contributed by atoms with van der Waals surface area (Å²) in [5.41, 5.74) is 1.29. The summed E-state index contributed by atoms with van der Waals surface area (Å²) in [6, 6.07) is 6.47. The van der Waals surface area contributed by atoms with E-state index in [1.54, 1.807) is 23.1 Å². The Morgan fingerprint density at radius 1 is 1.41 bits per heavy atom. The van der Waals surface area contributed by atoms with Gasteiger partial charge in [0.1, 0.15) is 5.75 Å². The van der Waals surface area contributed by atoms with Crippen molar-refractivity contribution in [3.8, 4) is 5.75 Å². The fourth-order valence-corrected chi connectivity index (χ4v) is 2.72. The van der Waals surface area contributed by atoms with E-state index in [2.05, 4.69) is 4.98 Å². The number of hydrogen-bond donors (Lipinski definition) is 1. The molecule has 1 aromatic heterocycles. The summed E-state index contributed by atoms with van der Waals surface area (Å²) in [7, 11) is 0. The minimum absolute atomic E-state index is 0.197. The van der Waals surface area contributed by atoms with Gasteiger partial charge in [0.05, 0.1) is 5.69 Å². The second kappa shape index (κ2) is 7.04. The average Bonchev–Trinajstić information content (AvgIpc) is 2.92. The summed E-state index contributed by atoms with van der Waals surface area (Å²) < 4.78 is 5.10. The molecule has 0 radical (unpaired) electrons. The van der Waals surface area contributed by atoms with Crippen LogP contribution in [0.2, 0.25) is 0 Å². The molecular formula is C15H16N2O4S. The molecule has 22 heavy (non-hydrogen) atoms. The average molecular weight is 320 g/mol. The molecule has 0 unspecified atom stereocenters. The van der Waals surface area contributed by atoms with Crippen molar-refractivity contribution >= 4 is 28.3 Å². The van der Waals surface area contributed by atoms with E-state index in [1.807, 2.05) is 19.2 Å². The monoisotopic (exact) mass is 320 g/mol. The summed E-state index contributed by atoms with van der Waals surface area (Å²) >= 11 is 1.41. The van der Waals surface area contributed by atoms with E-state index < -0.39 is 12.6 Å². The number of anilines is 1. The zero-order chi connectivity index (χ0) is 16.1. The van der Waals surface area contributed by atoms with Crippen LogP contribution in [0.25, 0.3) is 0 Å². The number of carboxylic acids is 1. The highest BCUT2D eigenvalue weighted by molar-refractivity contribution is 7.14. The summed E-state index contributed by atoms with van der Waals surface area (Å²) in [5, 5.41) is 11.2. The Balaban J connectivity index is 2.20. The Hall–Kier alpha value is -2.41. The van der Waals surface area contributed by atoms with Crippen molar-refractivity contribution in [1.82, 2.24) is 4.98 Å². The van der Waals surface area contributed by atoms with E-state index in [9.17, 15) is 9.59 Å². The zero-order valence-corrected chi connectivity index (χ0v) is 13.1. The fourth-order valence-electron chi connectivity index (χ4n) is 1.85. The van der Waals surface area contributed by atoms with E-state index in [0.29, 0.717) is 23.0 Å². The number of carbonyl (C=O) groups excluding carboxylic acids is 1. The maximum atomic E-state index is 12.6. The van der Waals surface area contributed by atoms with Crippen molar-refractivity contribution in [3.05, 3.63) is 40.9 Å². The van der Waals surface area contributed by atoms with Gasteiger partial charge < -0.3 is 9.84 Å². The molecule has 0 spiro atoms. The Kier molecular flexibility index (Phi) is 5.11. The number of hydrogen-bond acceptors (Lipinski definition) is 5. The summed E-state index contributed by atoms with van der Waals surface area (Å²) in [6.07, 6.45) is 0. The number of amides is 1. The zero-order valence-electron chi connectivity index (χ0n) is 12.3. The second-order valence-corrected chi connectivity index (χ2v) is 5.37. The number of thiazole rings is 1. The molecule has 2 aromatic rings. The lowest BCUT2D eigenvalue weighted by atomic mass is 10.2. The molecule has 0 saturated carbocycles. The molecule has 0 bridgehead atoms. The highest BCUT2D eigenvalue weighted by Crippen LogP contribution is 2.23. The summed E-state index contributed by atoms with van der Waals surface area (Å²) in [6.45, 7) is 3.80. The Morgan fingerprint density at radius 2 is 2.18 bits per heavy atom. The molecular weight excluding hydrogens is 304 g/mol. The Bertz CT molecular complexity index is 684. The van der Waals surface area contributed by atoms with E-state index in [-0.39, 0.29) is 5.91 Å². The first kappa shape index (κ1) is 16.0. The topological polar surface area (TPSA) is 79.7 Å². The number of nitrogens with zero attached hydrogens (tertiary/aromatic N) is 2. The summed E-state index contributed by atoms with van der Waals surface area (Å²) in [5.74, 6) is -0.914. The van der Waals surface area contributed by atoms with Gasteiger partial charge in [0, 0.05) is 17.5 Å². The van der Waals surface area contributed by atoms with Crippen LogP contribution in [0.5, 0.6) is 5.75 Å². The number of aliphatic carboxylic acids is 1. The van der Waals surface area contributed by atoms with Crippen molar-refractivity contribution in [2.24, 2.45) is 0 Å². The molecule has 2 rings (SSSR count). The third-order valence-corrected chi connectivity index (χ3v) is 3.82. The van der Waals surface area contributed by atoms with Crippen LogP contribution < -0.4 is 9.64 Å². The number of rotatable bonds is 6. The molecule has 0 aliphatic carbocycles. The van der Waals surface area contributed by atoms with Gasteiger partial charge in [-0.25, -0.2) is 9.78 Å². The fraction of sp³-hybridized carbons (Fsp3) is 0.267. The van der Waals surface area contributed by atoms with Crippen LogP contribution >= 0.6 is 11.3 Å². The third-order valence-electron chi connectivity index (χ3n) is 2.84. The van der Waals surface area contributed by atoms with Crippen molar-refractivity contribution in [2.45, 2.75) is 13.8 Å². The normalized spacial score (nSPS) is 10.3. The number of carbonyl (C=O) groups is 2. The smallest absolute Gasteiger partial charge is 0.341 e. The predicted octanol–water partition coefficient (Wildman–Crippen LogP) is 2.58. The molecule has 0 aliphatic rings. The molecule has 7 heteroatoms. The van der Waals surface area contributed by atoms with Gasteiger partial charge >= 0.3 is 5.97 Å². The van der Waals surface area contributed by atoms with Gasteiger partial charge in [-0.05, 0) is 32.0 Å². The van der Waals surface area contributed by atoms with Crippen molar-refractivity contribution in [1.29, 1.82) is 0 Å². The van der Waals surface area contributed by atoms with Gasteiger partial charge in [0.25, 0.3) is 5.91 Å². The van der Waals surface area contributed by atoms with Crippen LogP contribution in [0.3, 0.4) is 0 Å². The van der Waals surface area contributed by atoms with Gasteiger partial charge in [-0.3, -0.25) is 9.69 Å². The number of carboxylic acid groups (broad SMARTS) is 1. The maximum absolute atomic E-state index is 12.6. The number of aryl methyl sites for hydroxylation is 1. The molecule has 1 amide bonds. The van der Waals surface area contributed by atoms with E-state index in [4.69, 9.17) is 9.84 Å². The van der Waals surface area contributed by atoms with Crippen molar-refractivity contribution in [3.63, 3.8) is 0 Å². The molecule has 0 saturated heterocycles. The highest BCUT2D eigenvalue weighted by atomic mass is 32.1. The molecule has 0 aliphatic heterocycles. The minimum Gasteiger partial charge on any atom is -0.482 e. The highest BCUT2D eigenvalue weighted by Gasteiger charge is 2.19. The van der Waals surface area contributed by atoms with Crippen LogP contribution in [0, 0.1) is 6.92 Å². The Morgan fingerprint density at radius 3 is 2.77 bits per heavy atom. The van der Waals surface area contributed by atoms with Gasteiger partial charge in [0.2, 0.25) is 0 Å². The van der Waals surface area contributed by atoms with E-state index >= 15 is 0 Å². The van der Waals surface area contributed by atoms with Crippen LogP contribution in [0.4, 0.5) is 5.13 Å². The van der Waals surface area contributed by atoms with Crippen LogP contribution in [0.15, 0.2) is 29.6 Å². The van der Waals surface area contributed by atoms with Gasteiger partial charge in [-0.15, -0.1) is 11.3 Å². The molecule has 1 N–H and O–H groups in total. The quantitative estimate of drug-likeness (QED) is 0.885. The largest absolute Gasteiger partial charge is 0.482 e. The molecule has 1 aromatic carbocycles. The molecule has 0 atom stereocenters. The van der Waals surface area contributed by atoms with E-state index in [1.165, 1.54) is 17.4 Å². The van der Waals surface area contributed by atoms with Crippen LogP contribution in [-0.2, 0) is 4.79 Å². The van der Waals surface area contributed by atoms with Crippen LogP contribution in [-0.4, -0.2) is 35.1 Å². The molecule has 1 heterocycles. The lowest BCUT2D eigenvalue weighted by molar-refractivity contribution is -0.139. The molecule has 6 nitrogen and oxygen atoms in total. The minimum atomic E-state index is -1.06. The van der Waals surface area contributed by atoms with E-state index in [0.717, 1.165) is 5.69 Å². The van der Waals surface area contributed by atoms with Gasteiger partial charge in [0.15, 0.2) is 11.7 Å². The van der Waals surface area contributed by atoms with Crippen molar-refractivity contribution < 1.29 is 19.4 Å². The lowest BCUT2D eigenvalue weighted by Gasteiger charge is -2.18. The lowest BCUT2D eigenvalue weighted by Crippen LogP contribution is -2.30. The maximum Gasteiger partial charge on any atom is 0.341 e. The van der Waals surface area contributed by atoms with Gasteiger partial charge in [-0.1, -0.05) is 6.07 Å². The first-order valence-electron chi connectivity index (χ1n) is 6.70. The number of benzene rings is 1. The predicted molar refractivity (Wildman–Crippen MR) is 83.8 cm³/mol. The number of ether oxygens (including phenoxy) is 1. The first-order valence-corrected chi connectivity index (χ1v) is 7.58. The number of aromatic nitrogens is 1. The molecule has 0 fully saturated rings. The Labute approximate surface area is 132 Å². The SMILES string of the molecule is CCN(C(=O)c1cccc(OCC(=O)O)c1)c1nc(C)cs1. The standard InChI is InChI=1S/C15H16N2O4S/c1-3-17(15-16-10(2)9-22-15)14(20)11-5-4-6-12(7-11)21-8-13(18)19/h4-7,9H,3,8H2,1-2H3,(H,18,19). The second-order valence-electron chi connectivity index (χ2n) is 4.53. The van der Waals surface area contributed by atoms with Crippen LogP contribution in [0.1, 0.15) is 23.0 Å². The molecule has 116 valence electrons. The van der Waals surface area contributed by atoms with Crippen molar-refractivity contribution in [2.75, 3.05) is 18.1 Å². The van der Waals surface area contributed by atoms with Gasteiger partial charge in [-0.2, -0.15) is 0 Å². The summed E-state index contributed by atoms with van der Waals surface area (Å²) in [4.78, 5) is 29.0.